The number of halogens is 2. The number of rotatable bonds is 5. The summed E-state index contributed by atoms with van der Waals surface area (Å²) in [4.78, 5) is 27.2. The molecule has 2 amide bonds. The van der Waals surface area contributed by atoms with Crippen LogP contribution in [0.5, 0.6) is 11.5 Å². The minimum Gasteiger partial charge on any atom is -0.495 e. The first-order chi connectivity index (χ1) is 13.9. The van der Waals surface area contributed by atoms with Crippen molar-refractivity contribution in [3.63, 3.8) is 0 Å². The number of methoxy groups -OCH3 is 2. The number of piperidine rings is 1. The fraction of sp³-hybridized carbons (Fsp3) is 0.333. The molecule has 2 aromatic rings. The van der Waals surface area contributed by atoms with Crippen molar-refractivity contribution in [1.29, 1.82) is 0 Å². The molecule has 154 valence electrons. The highest BCUT2D eigenvalue weighted by molar-refractivity contribution is 9.10. The van der Waals surface area contributed by atoms with Crippen LogP contribution < -0.4 is 14.8 Å². The Morgan fingerprint density at radius 1 is 1.07 bits per heavy atom. The lowest BCUT2D eigenvalue weighted by atomic mass is 9.95. The number of anilines is 1. The Bertz CT molecular complexity index is 896. The normalized spacial score (nSPS) is 14.4. The van der Waals surface area contributed by atoms with E-state index in [-0.39, 0.29) is 17.7 Å². The molecule has 29 heavy (non-hydrogen) atoms. The second-order valence-electron chi connectivity index (χ2n) is 6.75. The average molecular weight is 482 g/mol. The van der Waals surface area contributed by atoms with E-state index in [1.165, 1.54) is 14.2 Å². The summed E-state index contributed by atoms with van der Waals surface area (Å²) in [7, 11) is 3.03. The van der Waals surface area contributed by atoms with Crippen LogP contribution in [0.2, 0.25) is 5.02 Å². The Morgan fingerprint density at radius 2 is 1.69 bits per heavy atom. The quantitative estimate of drug-likeness (QED) is 0.677. The SMILES string of the molecule is COc1cc(OC)c(NC(=O)C2CCN(C(=O)c3ccc(Br)cc3)CC2)cc1Cl. The van der Waals surface area contributed by atoms with Crippen LogP contribution in [0.15, 0.2) is 40.9 Å². The minimum absolute atomic E-state index is 0.0139. The van der Waals surface area contributed by atoms with Gasteiger partial charge in [-0.25, -0.2) is 0 Å². The molecule has 1 N–H and O–H groups in total. The van der Waals surface area contributed by atoms with Crippen molar-refractivity contribution < 1.29 is 19.1 Å². The number of carbonyl (C=O) groups excluding carboxylic acids is 2. The largest absolute Gasteiger partial charge is 0.495 e. The second kappa shape index (κ2) is 9.50. The molecule has 0 aromatic heterocycles. The molecule has 3 rings (SSSR count). The zero-order chi connectivity index (χ0) is 21.0. The van der Waals surface area contributed by atoms with Gasteiger partial charge in [0.2, 0.25) is 5.91 Å². The smallest absolute Gasteiger partial charge is 0.253 e. The van der Waals surface area contributed by atoms with Gasteiger partial charge in [0.15, 0.2) is 0 Å². The van der Waals surface area contributed by atoms with Gasteiger partial charge in [0, 0.05) is 35.1 Å². The van der Waals surface area contributed by atoms with Gasteiger partial charge in [0.05, 0.1) is 24.9 Å². The van der Waals surface area contributed by atoms with Gasteiger partial charge in [-0.3, -0.25) is 9.59 Å². The van der Waals surface area contributed by atoms with E-state index in [9.17, 15) is 9.59 Å². The number of carbonyl (C=O) groups is 2. The summed E-state index contributed by atoms with van der Waals surface area (Å²) in [6, 6.07) is 10.5. The molecule has 6 nitrogen and oxygen atoms in total. The fourth-order valence-electron chi connectivity index (χ4n) is 3.31. The molecule has 0 saturated carbocycles. The Labute approximate surface area is 183 Å². The van der Waals surface area contributed by atoms with Gasteiger partial charge in [-0.15, -0.1) is 0 Å². The molecule has 1 saturated heterocycles. The summed E-state index contributed by atoms with van der Waals surface area (Å²) in [5.41, 5.74) is 1.14. The zero-order valence-corrected chi connectivity index (χ0v) is 18.5. The molecular weight excluding hydrogens is 460 g/mol. The van der Waals surface area contributed by atoms with Gasteiger partial charge < -0.3 is 19.7 Å². The average Bonchev–Trinajstić information content (AvgIpc) is 2.74. The Kier molecular flexibility index (Phi) is 7.03. The van der Waals surface area contributed by atoms with Crippen LogP contribution >= 0.6 is 27.5 Å². The molecule has 2 aromatic carbocycles. The maximum absolute atomic E-state index is 12.7. The van der Waals surface area contributed by atoms with Gasteiger partial charge in [0.1, 0.15) is 11.5 Å². The molecule has 1 heterocycles. The predicted molar refractivity (Wildman–Crippen MR) is 116 cm³/mol. The minimum atomic E-state index is -0.186. The molecule has 0 bridgehead atoms. The summed E-state index contributed by atoms with van der Waals surface area (Å²) in [6.45, 7) is 1.07. The number of benzene rings is 2. The summed E-state index contributed by atoms with van der Waals surface area (Å²) in [5, 5.41) is 3.28. The number of hydrogen-bond acceptors (Lipinski definition) is 4. The second-order valence-corrected chi connectivity index (χ2v) is 8.07. The van der Waals surface area contributed by atoms with Crippen LogP contribution in [-0.4, -0.2) is 44.0 Å². The number of nitrogens with one attached hydrogen (secondary N) is 1. The molecule has 0 spiro atoms. The maximum atomic E-state index is 12.7. The third-order valence-corrected chi connectivity index (χ3v) is 5.80. The van der Waals surface area contributed by atoms with Crippen LogP contribution in [0.25, 0.3) is 0 Å². The first kappa shape index (κ1) is 21.5. The molecule has 1 fully saturated rings. The summed E-state index contributed by atoms with van der Waals surface area (Å²) in [5.74, 6) is 0.638. The van der Waals surface area contributed by atoms with Crippen molar-refractivity contribution in [2.24, 2.45) is 5.92 Å². The molecule has 0 atom stereocenters. The highest BCUT2D eigenvalue weighted by Crippen LogP contribution is 2.36. The van der Waals surface area contributed by atoms with Crippen LogP contribution in [-0.2, 0) is 4.79 Å². The molecule has 0 radical (unpaired) electrons. The van der Waals surface area contributed by atoms with Crippen molar-refractivity contribution in [1.82, 2.24) is 4.90 Å². The van der Waals surface area contributed by atoms with Gasteiger partial charge in [-0.1, -0.05) is 27.5 Å². The first-order valence-corrected chi connectivity index (χ1v) is 10.4. The van der Waals surface area contributed by atoms with Crippen molar-refractivity contribution in [3.8, 4) is 11.5 Å². The Hall–Kier alpha value is -2.25. The first-order valence-electron chi connectivity index (χ1n) is 9.20. The molecule has 0 unspecified atom stereocenters. The number of hydrogen-bond donors (Lipinski definition) is 1. The highest BCUT2D eigenvalue weighted by Gasteiger charge is 2.28. The molecule has 8 heteroatoms. The monoisotopic (exact) mass is 480 g/mol. The van der Waals surface area contributed by atoms with Crippen molar-refractivity contribution in [2.75, 3.05) is 32.6 Å². The van der Waals surface area contributed by atoms with E-state index < -0.39 is 0 Å². The molecule has 1 aliphatic rings. The number of likely N-dealkylation sites (tertiary alicyclic amines) is 1. The standard InChI is InChI=1S/C21H22BrClN2O4/c1-28-18-12-19(29-2)17(11-16(18)23)24-20(26)13-7-9-25(10-8-13)21(27)14-3-5-15(22)6-4-14/h3-6,11-13H,7-10H2,1-2H3,(H,24,26). The van der Waals surface area contributed by atoms with Gasteiger partial charge >= 0.3 is 0 Å². The number of nitrogens with zero attached hydrogens (tertiary/aromatic N) is 1. The van der Waals surface area contributed by atoms with Gasteiger partial charge in [-0.05, 0) is 43.2 Å². The lowest BCUT2D eigenvalue weighted by Gasteiger charge is -2.31. The fourth-order valence-corrected chi connectivity index (χ4v) is 3.82. The molecule has 0 aliphatic carbocycles. The van der Waals surface area contributed by atoms with E-state index in [0.29, 0.717) is 53.7 Å². The van der Waals surface area contributed by atoms with Gasteiger partial charge in [0.25, 0.3) is 5.91 Å². The van der Waals surface area contributed by atoms with E-state index >= 15 is 0 Å². The third kappa shape index (κ3) is 5.03. The Morgan fingerprint density at radius 3 is 2.28 bits per heavy atom. The highest BCUT2D eigenvalue weighted by atomic mass is 79.9. The van der Waals surface area contributed by atoms with Crippen molar-refractivity contribution >= 4 is 45.0 Å². The number of amides is 2. The lowest BCUT2D eigenvalue weighted by molar-refractivity contribution is -0.121. The van der Waals surface area contributed by atoms with Crippen LogP contribution in [0.1, 0.15) is 23.2 Å². The van der Waals surface area contributed by atoms with Gasteiger partial charge in [-0.2, -0.15) is 0 Å². The topological polar surface area (TPSA) is 67.9 Å². The predicted octanol–water partition coefficient (Wildman–Crippen LogP) is 4.61. The molecule has 1 aliphatic heterocycles. The van der Waals surface area contributed by atoms with E-state index in [4.69, 9.17) is 21.1 Å². The molecular formula is C21H22BrClN2O4. The summed E-state index contributed by atoms with van der Waals surface area (Å²) < 4.78 is 11.4. The van der Waals surface area contributed by atoms with E-state index in [0.717, 1.165) is 4.47 Å². The summed E-state index contributed by atoms with van der Waals surface area (Å²) in [6.07, 6.45) is 1.20. The van der Waals surface area contributed by atoms with E-state index in [2.05, 4.69) is 21.2 Å². The van der Waals surface area contributed by atoms with Crippen LogP contribution in [0.3, 0.4) is 0 Å². The van der Waals surface area contributed by atoms with E-state index in [1.807, 2.05) is 12.1 Å². The van der Waals surface area contributed by atoms with Crippen molar-refractivity contribution in [2.45, 2.75) is 12.8 Å². The van der Waals surface area contributed by atoms with Crippen molar-refractivity contribution in [3.05, 3.63) is 51.5 Å². The number of ether oxygens (including phenoxy) is 2. The maximum Gasteiger partial charge on any atom is 0.253 e. The Balaban J connectivity index is 1.61. The van der Waals surface area contributed by atoms with E-state index in [1.54, 1.807) is 29.2 Å². The summed E-state index contributed by atoms with van der Waals surface area (Å²) >= 11 is 9.54. The lowest BCUT2D eigenvalue weighted by Crippen LogP contribution is -2.41. The third-order valence-electron chi connectivity index (χ3n) is 4.98. The van der Waals surface area contributed by atoms with Crippen LogP contribution in [0.4, 0.5) is 5.69 Å². The zero-order valence-electron chi connectivity index (χ0n) is 16.2. The van der Waals surface area contributed by atoms with Crippen LogP contribution in [0, 0.1) is 5.92 Å².